The van der Waals surface area contributed by atoms with E-state index in [0.717, 1.165) is 0 Å². The van der Waals surface area contributed by atoms with E-state index in [2.05, 4.69) is 16.0 Å². The lowest BCUT2D eigenvalue weighted by Crippen LogP contribution is -2.37. The van der Waals surface area contributed by atoms with Crippen LogP contribution in [0.5, 0.6) is 0 Å². The van der Waals surface area contributed by atoms with Gasteiger partial charge in [0.15, 0.2) is 0 Å². The summed E-state index contributed by atoms with van der Waals surface area (Å²) < 4.78 is 9.87. The number of alkyl carbamates (subject to hydrolysis) is 1. The molecule has 1 aromatic rings. The highest BCUT2D eigenvalue weighted by Crippen LogP contribution is 2.13. The summed E-state index contributed by atoms with van der Waals surface area (Å²) in [5.74, 6) is -0.539. The van der Waals surface area contributed by atoms with E-state index >= 15 is 0 Å². The number of nitrogens with one attached hydrogen (secondary N) is 3. The minimum absolute atomic E-state index is 0.153. The SMILES string of the molecule is COCCC(=O)Nc1ccc(NC(=O)CNC(=O)OC(C)(C)C)cc1. The average molecular weight is 351 g/mol. The van der Waals surface area contributed by atoms with Crippen molar-refractivity contribution < 1.29 is 23.9 Å². The molecule has 8 nitrogen and oxygen atoms in total. The Balaban J connectivity index is 2.40. The van der Waals surface area contributed by atoms with Gasteiger partial charge in [0.05, 0.1) is 13.0 Å². The van der Waals surface area contributed by atoms with Crippen LogP contribution in [-0.4, -0.2) is 43.8 Å². The first-order valence-corrected chi connectivity index (χ1v) is 7.85. The summed E-state index contributed by atoms with van der Waals surface area (Å²) in [6.45, 7) is 5.36. The molecule has 0 radical (unpaired) electrons. The first-order chi connectivity index (χ1) is 11.7. The molecule has 1 rings (SSSR count). The number of hydrogen-bond donors (Lipinski definition) is 3. The Labute approximate surface area is 147 Å². The van der Waals surface area contributed by atoms with Crippen molar-refractivity contribution in [3.63, 3.8) is 0 Å². The quantitative estimate of drug-likeness (QED) is 0.698. The van der Waals surface area contributed by atoms with Gasteiger partial charge >= 0.3 is 6.09 Å². The highest BCUT2D eigenvalue weighted by molar-refractivity contribution is 5.94. The second-order valence-electron chi connectivity index (χ2n) is 6.27. The number of benzene rings is 1. The molecule has 0 aliphatic carbocycles. The molecule has 0 aliphatic heterocycles. The van der Waals surface area contributed by atoms with Gasteiger partial charge in [0, 0.05) is 18.5 Å². The maximum Gasteiger partial charge on any atom is 0.408 e. The molecule has 25 heavy (non-hydrogen) atoms. The van der Waals surface area contributed by atoms with E-state index in [-0.39, 0.29) is 24.8 Å². The summed E-state index contributed by atoms with van der Waals surface area (Å²) in [7, 11) is 1.53. The highest BCUT2D eigenvalue weighted by Gasteiger charge is 2.16. The van der Waals surface area contributed by atoms with Crippen LogP contribution in [0, 0.1) is 0 Å². The molecule has 0 aromatic heterocycles. The molecule has 0 bridgehead atoms. The van der Waals surface area contributed by atoms with Gasteiger partial charge in [-0.1, -0.05) is 0 Å². The number of hydrogen-bond acceptors (Lipinski definition) is 5. The molecule has 138 valence electrons. The molecule has 8 heteroatoms. The molecule has 0 saturated heterocycles. The Bertz CT molecular complexity index is 593. The second-order valence-corrected chi connectivity index (χ2v) is 6.27. The number of anilines is 2. The Morgan fingerprint density at radius 3 is 1.96 bits per heavy atom. The average Bonchev–Trinajstić information content (AvgIpc) is 2.51. The Kier molecular flexibility index (Phi) is 7.87. The van der Waals surface area contributed by atoms with Crippen LogP contribution < -0.4 is 16.0 Å². The van der Waals surface area contributed by atoms with Crippen molar-refractivity contribution >= 4 is 29.3 Å². The molecule has 3 N–H and O–H groups in total. The van der Waals surface area contributed by atoms with Crippen molar-refractivity contribution in [2.45, 2.75) is 32.8 Å². The van der Waals surface area contributed by atoms with Gasteiger partial charge in [-0.2, -0.15) is 0 Å². The first kappa shape index (κ1) is 20.4. The lowest BCUT2D eigenvalue weighted by atomic mass is 10.2. The van der Waals surface area contributed by atoms with Crippen LogP contribution in [0.1, 0.15) is 27.2 Å². The smallest absolute Gasteiger partial charge is 0.408 e. The molecule has 0 atom stereocenters. The molecule has 3 amide bonds. The fourth-order valence-electron chi connectivity index (χ4n) is 1.73. The van der Waals surface area contributed by atoms with Crippen LogP contribution in [-0.2, 0) is 19.1 Å². The van der Waals surface area contributed by atoms with E-state index < -0.39 is 11.7 Å². The first-order valence-electron chi connectivity index (χ1n) is 7.85. The maximum absolute atomic E-state index is 11.8. The normalized spacial score (nSPS) is 10.7. The summed E-state index contributed by atoms with van der Waals surface area (Å²) in [5, 5.41) is 7.72. The highest BCUT2D eigenvalue weighted by atomic mass is 16.6. The molecule has 0 saturated carbocycles. The van der Waals surface area contributed by atoms with Gasteiger partial charge in [-0.25, -0.2) is 4.79 Å². The minimum atomic E-state index is -0.656. The Morgan fingerprint density at radius 2 is 1.48 bits per heavy atom. The molecule has 0 spiro atoms. The van der Waals surface area contributed by atoms with Gasteiger partial charge < -0.3 is 25.4 Å². The number of carbonyl (C=O) groups is 3. The van der Waals surface area contributed by atoms with Gasteiger partial charge in [0.1, 0.15) is 12.1 Å². The summed E-state index contributed by atoms with van der Waals surface area (Å²) >= 11 is 0. The molecule has 0 heterocycles. The van der Waals surface area contributed by atoms with Crippen molar-refractivity contribution in [2.75, 3.05) is 30.9 Å². The third-order valence-electron chi connectivity index (χ3n) is 2.78. The van der Waals surface area contributed by atoms with E-state index in [4.69, 9.17) is 9.47 Å². The molecule has 0 unspecified atom stereocenters. The molecular formula is C17H25N3O5. The number of amides is 3. The monoisotopic (exact) mass is 351 g/mol. The summed E-state index contributed by atoms with van der Waals surface area (Å²) in [5.41, 5.74) is 0.543. The van der Waals surface area contributed by atoms with Crippen LogP contribution in [0.3, 0.4) is 0 Å². The van der Waals surface area contributed by atoms with Gasteiger partial charge in [-0.15, -0.1) is 0 Å². The Hall–Kier alpha value is -2.61. The van der Waals surface area contributed by atoms with Crippen LogP contribution in [0.25, 0.3) is 0 Å². The lowest BCUT2D eigenvalue weighted by molar-refractivity contribution is -0.117. The minimum Gasteiger partial charge on any atom is -0.444 e. The number of methoxy groups -OCH3 is 1. The zero-order chi connectivity index (χ0) is 18.9. The number of rotatable bonds is 7. The summed E-state index contributed by atoms with van der Waals surface area (Å²) in [6, 6.07) is 6.64. The maximum atomic E-state index is 11.8. The predicted molar refractivity (Wildman–Crippen MR) is 94.4 cm³/mol. The van der Waals surface area contributed by atoms with Crippen LogP contribution in [0.4, 0.5) is 16.2 Å². The zero-order valence-electron chi connectivity index (χ0n) is 15.0. The standard InChI is InChI=1S/C17H25N3O5/c1-17(2,3)25-16(23)18-11-15(22)20-13-7-5-12(6-8-13)19-14(21)9-10-24-4/h5-8H,9-11H2,1-4H3,(H,18,23)(H,19,21)(H,20,22). The number of carbonyl (C=O) groups excluding carboxylic acids is 3. The topological polar surface area (TPSA) is 106 Å². The third-order valence-corrected chi connectivity index (χ3v) is 2.78. The van der Waals surface area contributed by atoms with Gasteiger partial charge in [0.25, 0.3) is 0 Å². The molecule has 1 aromatic carbocycles. The second kappa shape index (κ2) is 9.63. The fraction of sp³-hybridized carbons (Fsp3) is 0.471. The zero-order valence-corrected chi connectivity index (χ0v) is 15.0. The summed E-state index contributed by atoms with van der Waals surface area (Å²) in [6.07, 6.45) is -0.387. The Morgan fingerprint density at radius 1 is 0.960 bits per heavy atom. The third kappa shape index (κ3) is 9.31. The summed E-state index contributed by atoms with van der Waals surface area (Å²) in [4.78, 5) is 34.8. The van der Waals surface area contributed by atoms with Crippen LogP contribution >= 0.6 is 0 Å². The van der Waals surface area contributed by atoms with E-state index in [0.29, 0.717) is 18.0 Å². The van der Waals surface area contributed by atoms with Crippen molar-refractivity contribution in [3.05, 3.63) is 24.3 Å². The molecule has 0 fully saturated rings. The predicted octanol–water partition coefficient (Wildman–Crippen LogP) is 2.12. The number of ether oxygens (including phenoxy) is 2. The van der Waals surface area contributed by atoms with E-state index in [1.165, 1.54) is 7.11 Å². The van der Waals surface area contributed by atoms with E-state index in [9.17, 15) is 14.4 Å². The lowest BCUT2D eigenvalue weighted by Gasteiger charge is -2.19. The van der Waals surface area contributed by atoms with Crippen molar-refractivity contribution in [1.82, 2.24) is 5.32 Å². The van der Waals surface area contributed by atoms with Gasteiger partial charge in [-0.05, 0) is 45.0 Å². The van der Waals surface area contributed by atoms with E-state index in [1.807, 2.05) is 0 Å². The largest absolute Gasteiger partial charge is 0.444 e. The van der Waals surface area contributed by atoms with Crippen molar-refractivity contribution in [1.29, 1.82) is 0 Å². The fourth-order valence-corrected chi connectivity index (χ4v) is 1.73. The van der Waals surface area contributed by atoms with E-state index in [1.54, 1.807) is 45.0 Å². The van der Waals surface area contributed by atoms with Crippen LogP contribution in [0.15, 0.2) is 24.3 Å². The van der Waals surface area contributed by atoms with Gasteiger partial charge in [0.2, 0.25) is 11.8 Å². The molecule has 0 aliphatic rings. The van der Waals surface area contributed by atoms with Crippen molar-refractivity contribution in [2.24, 2.45) is 0 Å². The van der Waals surface area contributed by atoms with Crippen LogP contribution in [0.2, 0.25) is 0 Å². The molecular weight excluding hydrogens is 326 g/mol. The van der Waals surface area contributed by atoms with Crippen molar-refractivity contribution in [3.8, 4) is 0 Å². The van der Waals surface area contributed by atoms with Gasteiger partial charge in [-0.3, -0.25) is 9.59 Å².